The first-order chi connectivity index (χ1) is 15.7. The maximum atomic E-state index is 13.4. The first kappa shape index (κ1) is 28.1. The molecular weight excluding hydrogens is 484 g/mol. The molecule has 0 radical (unpaired) electrons. The Balaban J connectivity index is 2.31. The first-order valence-corrected chi connectivity index (χ1v) is 13.5. The Labute approximate surface area is 207 Å². The third kappa shape index (κ3) is 7.69. The van der Waals surface area contributed by atoms with Crippen LogP contribution in [0.4, 0.5) is 4.79 Å². The maximum Gasteiger partial charge on any atom is 0.408 e. The Morgan fingerprint density at radius 1 is 1.15 bits per heavy atom. The van der Waals surface area contributed by atoms with E-state index in [0.29, 0.717) is 19.4 Å². The van der Waals surface area contributed by atoms with Gasteiger partial charge in [0.1, 0.15) is 29.3 Å². The summed E-state index contributed by atoms with van der Waals surface area (Å²) in [5.41, 5.74) is -2.08. The molecule has 192 valence electrons. The highest BCUT2D eigenvalue weighted by Gasteiger charge is 2.41. The second-order valence-electron chi connectivity index (χ2n) is 9.62. The van der Waals surface area contributed by atoms with Crippen LogP contribution in [0.25, 0.3) is 0 Å². The zero-order valence-corrected chi connectivity index (χ0v) is 22.0. The highest BCUT2D eigenvalue weighted by molar-refractivity contribution is 8.76. The summed E-state index contributed by atoms with van der Waals surface area (Å²) >= 11 is 0. The summed E-state index contributed by atoms with van der Waals surface area (Å²) in [6.07, 6.45) is 0.307. The fraction of sp³-hybridized carbons (Fsp3) is 0.762. The largest absolute Gasteiger partial charge is 0.467 e. The molecular formula is C21H34N4O7S2. The normalized spacial score (nSPS) is 26.5. The number of hydrogen-bond donors (Lipinski definition) is 3. The number of carbonyl (C=O) groups is 5. The lowest BCUT2D eigenvalue weighted by atomic mass is 10.0. The van der Waals surface area contributed by atoms with Gasteiger partial charge in [0.05, 0.1) is 7.11 Å². The van der Waals surface area contributed by atoms with E-state index in [9.17, 15) is 24.0 Å². The van der Waals surface area contributed by atoms with Gasteiger partial charge in [0.25, 0.3) is 0 Å². The van der Waals surface area contributed by atoms with Crippen LogP contribution < -0.4 is 16.0 Å². The molecule has 0 spiro atoms. The number of esters is 1. The number of nitrogens with one attached hydrogen (secondary N) is 3. The van der Waals surface area contributed by atoms with E-state index in [1.54, 1.807) is 20.8 Å². The summed E-state index contributed by atoms with van der Waals surface area (Å²) in [5.74, 6) is -1.72. The van der Waals surface area contributed by atoms with Gasteiger partial charge in [0, 0.05) is 18.1 Å². The van der Waals surface area contributed by atoms with E-state index in [-0.39, 0.29) is 11.5 Å². The van der Waals surface area contributed by atoms with Crippen LogP contribution in [-0.4, -0.2) is 89.1 Å². The number of hydrogen-bond acceptors (Lipinski definition) is 9. The predicted octanol–water partition coefficient (Wildman–Crippen LogP) is 0.818. The van der Waals surface area contributed by atoms with E-state index in [1.807, 2.05) is 0 Å². The molecule has 2 fully saturated rings. The van der Waals surface area contributed by atoms with Gasteiger partial charge in [-0.15, -0.1) is 0 Å². The third-order valence-electron chi connectivity index (χ3n) is 5.17. The number of amides is 4. The second-order valence-corrected chi connectivity index (χ2v) is 12.2. The molecule has 0 aliphatic carbocycles. The number of alkyl carbamates (subject to hydrolysis) is 1. The van der Waals surface area contributed by atoms with Crippen molar-refractivity contribution in [2.45, 2.75) is 76.7 Å². The Morgan fingerprint density at radius 3 is 2.41 bits per heavy atom. The molecule has 0 bridgehead atoms. The Kier molecular flexibility index (Phi) is 9.52. The standard InChI is InChI=1S/C21H34N4O7S2/c1-20(2,3)32-19(30)23-12-10-33-34-11-13(17(28)31-6)22-18(29)21(4,5)24-15(26)14-8-7-9-25(14)16(12)27/h12-14H,7-11H2,1-6H3,(H,22,29)(H,23,30)(H,24,26)/t12-,13-,14-/m0/s1. The van der Waals surface area contributed by atoms with Gasteiger partial charge in [-0.05, 0) is 47.5 Å². The van der Waals surface area contributed by atoms with Crippen molar-refractivity contribution in [3.63, 3.8) is 0 Å². The smallest absolute Gasteiger partial charge is 0.408 e. The highest BCUT2D eigenvalue weighted by Crippen LogP contribution is 2.26. The average Bonchev–Trinajstić information content (AvgIpc) is 3.21. The Hall–Kier alpha value is -2.15. The molecule has 0 aromatic carbocycles. The summed E-state index contributed by atoms with van der Waals surface area (Å²) in [4.78, 5) is 65.3. The van der Waals surface area contributed by atoms with Gasteiger partial charge in [-0.25, -0.2) is 9.59 Å². The van der Waals surface area contributed by atoms with Crippen molar-refractivity contribution in [1.82, 2.24) is 20.9 Å². The molecule has 2 aliphatic rings. The molecule has 2 saturated heterocycles. The summed E-state index contributed by atoms with van der Waals surface area (Å²) in [7, 11) is 3.74. The lowest BCUT2D eigenvalue weighted by molar-refractivity contribution is -0.145. The van der Waals surface area contributed by atoms with Gasteiger partial charge in [-0.1, -0.05) is 21.6 Å². The van der Waals surface area contributed by atoms with Crippen molar-refractivity contribution in [3.05, 3.63) is 0 Å². The average molecular weight is 519 g/mol. The lowest BCUT2D eigenvalue weighted by Gasteiger charge is -2.33. The molecule has 0 aromatic heterocycles. The van der Waals surface area contributed by atoms with Crippen molar-refractivity contribution < 1.29 is 33.4 Å². The quantitative estimate of drug-likeness (QED) is 0.357. The Bertz CT molecular complexity index is 815. The number of fused-ring (bicyclic) bond motifs is 1. The van der Waals surface area contributed by atoms with E-state index >= 15 is 0 Å². The van der Waals surface area contributed by atoms with Crippen LogP contribution in [0.1, 0.15) is 47.5 Å². The summed E-state index contributed by atoms with van der Waals surface area (Å²) in [5, 5.41) is 7.95. The highest BCUT2D eigenvalue weighted by atomic mass is 33.1. The molecule has 34 heavy (non-hydrogen) atoms. The van der Waals surface area contributed by atoms with E-state index in [4.69, 9.17) is 9.47 Å². The van der Waals surface area contributed by atoms with Gasteiger partial charge in [0.15, 0.2) is 0 Å². The van der Waals surface area contributed by atoms with Crippen LogP contribution >= 0.6 is 21.6 Å². The fourth-order valence-electron chi connectivity index (χ4n) is 3.46. The van der Waals surface area contributed by atoms with E-state index in [0.717, 1.165) is 0 Å². The van der Waals surface area contributed by atoms with E-state index in [1.165, 1.54) is 47.4 Å². The first-order valence-electron chi connectivity index (χ1n) is 11.0. The van der Waals surface area contributed by atoms with Gasteiger partial charge >= 0.3 is 12.1 Å². The number of rotatable bonds is 2. The molecule has 11 nitrogen and oxygen atoms in total. The van der Waals surface area contributed by atoms with Crippen molar-refractivity contribution in [1.29, 1.82) is 0 Å². The van der Waals surface area contributed by atoms with Crippen molar-refractivity contribution >= 4 is 51.4 Å². The van der Waals surface area contributed by atoms with Crippen LogP contribution in [0.2, 0.25) is 0 Å². The van der Waals surface area contributed by atoms with Crippen molar-refractivity contribution in [3.8, 4) is 0 Å². The molecule has 2 heterocycles. The third-order valence-corrected chi connectivity index (χ3v) is 7.60. The van der Waals surface area contributed by atoms with Gasteiger partial charge in [0.2, 0.25) is 17.7 Å². The minimum atomic E-state index is -1.34. The van der Waals surface area contributed by atoms with Crippen molar-refractivity contribution in [2.75, 3.05) is 25.2 Å². The topological polar surface area (TPSA) is 143 Å². The minimum absolute atomic E-state index is 0.160. The van der Waals surface area contributed by atoms with Crippen LogP contribution in [0.5, 0.6) is 0 Å². The van der Waals surface area contributed by atoms with Crippen LogP contribution in [-0.2, 0) is 28.7 Å². The van der Waals surface area contributed by atoms with Crippen molar-refractivity contribution in [2.24, 2.45) is 0 Å². The van der Waals surface area contributed by atoms with Crippen LogP contribution in [0, 0.1) is 0 Å². The molecule has 0 saturated carbocycles. The summed E-state index contributed by atoms with van der Waals surface area (Å²) in [6.45, 7) is 8.56. The Morgan fingerprint density at radius 2 is 1.79 bits per heavy atom. The molecule has 0 unspecified atom stereocenters. The number of carbonyl (C=O) groups excluding carboxylic acids is 5. The zero-order chi connectivity index (χ0) is 25.7. The molecule has 2 rings (SSSR count). The number of ether oxygens (including phenoxy) is 2. The van der Waals surface area contributed by atoms with E-state index in [2.05, 4.69) is 16.0 Å². The predicted molar refractivity (Wildman–Crippen MR) is 129 cm³/mol. The molecule has 4 amide bonds. The molecule has 0 aromatic rings. The van der Waals surface area contributed by atoms with Crippen LogP contribution in [0.15, 0.2) is 0 Å². The maximum absolute atomic E-state index is 13.4. The molecule has 3 atom stereocenters. The second kappa shape index (κ2) is 11.5. The number of methoxy groups -OCH3 is 1. The molecule has 3 N–H and O–H groups in total. The monoisotopic (exact) mass is 518 g/mol. The van der Waals surface area contributed by atoms with Gasteiger partial charge in [-0.3, -0.25) is 14.4 Å². The summed E-state index contributed by atoms with van der Waals surface area (Å²) in [6, 6.07) is -2.67. The van der Waals surface area contributed by atoms with Gasteiger partial charge in [-0.2, -0.15) is 0 Å². The minimum Gasteiger partial charge on any atom is -0.467 e. The molecule has 2 aliphatic heterocycles. The zero-order valence-electron chi connectivity index (χ0n) is 20.4. The number of nitrogens with zero attached hydrogens (tertiary/aromatic N) is 1. The molecule has 13 heteroatoms. The van der Waals surface area contributed by atoms with E-state index < -0.39 is 59.0 Å². The fourth-order valence-corrected chi connectivity index (χ4v) is 5.76. The van der Waals surface area contributed by atoms with Crippen LogP contribution in [0.3, 0.4) is 0 Å². The SMILES string of the molecule is COC(=O)[C@@H]1CSSC[C@H](NC(=O)OC(C)(C)C)C(=O)N2CCC[C@H]2C(=O)NC(C)(C)C(=O)N1. The summed E-state index contributed by atoms with van der Waals surface area (Å²) < 4.78 is 10.1. The lowest BCUT2D eigenvalue weighted by Crippen LogP contribution is -2.62. The van der Waals surface area contributed by atoms with Gasteiger partial charge < -0.3 is 30.3 Å².